The molecule has 5 aliphatic carbocycles. The number of aliphatic hydroxyl groups excluding tert-OH is 3. The lowest BCUT2D eigenvalue weighted by Crippen LogP contribution is -2.70. The number of hydrogen-bond acceptors (Lipinski definition) is 4. The fourth-order valence-electron chi connectivity index (χ4n) is 10.9. The van der Waals surface area contributed by atoms with Crippen LogP contribution < -0.4 is 0 Å². The van der Waals surface area contributed by atoms with Crippen LogP contribution in [0.25, 0.3) is 0 Å². The van der Waals surface area contributed by atoms with E-state index in [1.807, 2.05) is 0 Å². The summed E-state index contributed by atoms with van der Waals surface area (Å²) in [5, 5.41) is 44.8. The summed E-state index contributed by atoms with van der Waals surface area (Å²) >= 11 is 0. The van der Waals surface area contributed by atoms with Crippen LogP contribution in [0.15, 0.2) is 11.6 Å². The van der Waals surface area contributed by atoms with Crippen molar-refractivity contribution < 1.29 is 25.2 Å². The predicted molar refractivity (Wildman–Crippen MR) is 135 cm³/mol. The van der Waals surface area contributed by atoms with E-state index in [0.717, 1.165) is 32.1 Å². The van der Waals surface area contributed by atoms with Gasteiger partial charge in [-0.1, -0.05) is 60.1 Å². The van der Waals surface area contributed by atoms with Gasteiger partial charge in [0.15, 0.2) is 0 Å². The summed E-state index contributed by atoms with van der Waals surface area (Å²) in [4.78, 5) is 12.8. The first-order valence-electron chi connectivity index (χ1n) is 14.0. The first-order valence-corrected chi connectivity index (χ1v) is 14.0. The molecule has 0 amide bonds. The molecule has 0 radical (unpaired) electrons. The highest BCUT2D eigenvalue weighted by Crippen LogP contribution is 2.75. The van der Waals surface area contributed by atoms with E-state index in [1.54, 1.807) is 0 Å². The Morgan fingerprint density at radius 1 is 0.886 bits per heavy atom. The molecule has 5 rings (SSSR count). The van der Waals surface area contributed by atoms with Crippen molar-refractivity contribution in [2.75, 3.05) is 0 Å². The van der Waals surface area contributed by atoms with Crippen molar-refractivity contribution in [3.8, 4) is 0 Å². The van der Waals surface area contributed by atoms with Crippen molar-refractivity contribution in [1.82, 2.24) is 0 Å². The van der Waals surface area contributed by atoms with E-state index in [2.05, 4.69) is 54.5 Å². The molecule has 198 valence electrons. The zero-order valence-corrected chi connectivity index (χ0v) is 22.9. The second-order valence-corrected chi connectivity index (χ2v) is 15.3. The summed E-state index contributed by atoms with van der Waals surface area (Å²) in [5.41, 5.74) is -0.960. The Morgan fingerprint density at radius 2 is 1.54 bits per heavy atom. The minimum Gasteiger partial charge on any atom is -0.481 e. The molecular formula is C30H48O5. The fourth-order valence-corrected chi connectivity index (χ4v) is 10.9. The molecular weight excluding hydrogens is 440 g/mol. The Morgan fingerprint density at radius 3 is 2.17 bits per heavy atom. The molecule has 0 unspecified atom stereocenters. The molecule has 0 aromatic carbocycles. The Balaban J connectivity index is 1.66. The molecule has 0 heterocycles. The van der Waals surface area contributed by atoms with E-state index in [1.165, 1.54) is 5.57 Å². The zero-order chi connectivity index (χ0) is 26.0. The van der Waals surface area contributed by atoms with Crippen LogP contribution in [-0.2, 0) is 4.79 Å². The van der Waals surface area contributed by atoms with Gasteiger partial charge in [-0.05, 0) is 96.2 Å². The van der Waals surface area contributed by atoms with Crippen molar-refractivity contribution in [3.63, 3.8) is 0 Å². The van der Waals surface area contributed by atoms with Crippen molar-refractivity contribution in [2.45, 2.75) is 118 Å². The molecule has 0 spiro atoms. The molecule has 4 N–H and O–H groups in total. The van der Waals surface area contributed by atoms with Crippen molar-refractivity contribution >= 4 is 5.97 Å². The summed E-state index contributed by atoms with van der Waals surface area (Å²) in [5.74, 6) is -0.706. The van der Waals surface area contributed by atoms with E-state index in [-0.39, 0.29) is 38.9 Å². The van der Waals surface area contributed by atoms with Gasteiger partial charge in [0, 0.05) is 0 Å². The summed E-state index contributed by atoms with van der Waals surface area (Å²) in [6.07, 6.45) is 6.22. The first kappa shape index (κ1) is 25.7. The van der Waals surface area contributed by atoms with Crippen LogP contribution in [-0.4, -0.2) is 44.7 Å². The minimum absolute atomic E-state index is 0.00983. The maximum Gasteiger partial charge on any atom is 0.312 e. The first-order chi connectivity index (χ1) is 16.0. The van der Waals surface area contributed by atoms with Gasteiger partial charge >= 0.3 is 5.97 Å². The van der Waals surface area contributed by atoms with Crippen LogP contribution in [0.1, 0.15) is 99.8 Å². The van der Waals surface area contributed by atoms with E-state index in [4.69, 9.17) is 0 Å². The smallest absolute Gasteiger partial charge is 0.312 e. The maximum atomic E-state index is 12.8. The lowest BCUT2D eigenvalue weighted by Gasteiger charge is -2.72. The third kappa shape index (κ3) is 3.01. The lowest BCUT2D eigenvalue weighted by atomic mass is 9.33. The topological polar surface area (TPSA) is 98.0 Å². The molecule has 0 bridgehead atoms. The number of carboxylic acids is 1. The number of hydrogen-bond donors (Lipinski definition) is 4. The number of fused-ring (bicyclic) bond motifs is 7. The third-order valence-electron chi connectivity index (χ3n) is 12.9. The molecule has 5 nitrogen and oxygen atoms in total. The van der Waals surface area contributed by atoms with Gasteiger partial charge in [-0.15, -0.1) is 0 Å². The van der Waals surface area contributed by atoms with E-state index in [9.17, 15) is 25.2 Å². The van der Waals surface area contributed by atoms with Gasteiger partial charge in [0.2, 0.25) is 0 Å². The molecule has 5 aliphatic rings. The van der Waals surface area contributed by atoms with Crippen LogP contribution in [0.4, 0.5) is 0 Å². The van der Waals surface area contributed by atoms with Gasteiger partial charge in [0.1, 0.15) is 5.41 Å². The molecule has 4 fully saturated rings. The van der Waals surface area contributed by atoms with E-state index in [0.29, 0.717) is 25.2 Å². The van der Waals surface area contributed by atoms with Crippen molar-refractivity contribution in [2.24, 2.45) is 50.2 Å². The number of rotatable bonds is 1. The molecule has 0 aromatic rings. The van der Waals surface area contributed by atoms with Gasteiger partial charge in [-0.2, -0.15) is 0 Å². The summed E-state index contributed by atoms with van der Waals surface area (Å²) in [6, 6.07) is 0. The summed E-state index contributed by atoms with van der Waals surface area (Å²) in [6.45, 7) is 15.6. The standard InChI is InChI=1S/C30H48O5/c1-25(2)12-13-30(24(34)35)18(14-25)17-8-9-20-27(5)11-10-21(32)26(3,4)23(27)19(31)15-29(20,7)28(17,6)16-22(30)33/h8,18-23,31-33H,9-16H2,1-7H3,(H,34,35)/t18-,19+,20+,21-,22+,23-,27+,28+,29+,30+/m0/s1. The highest BCUT2D eigenvalue weighted by Gasteiger charge is 2.72. The molecule has 4 saturated carbocycles. The Bertz CT molecular complexity index is 952. The monoisotopic (exact) mass is 488 g/mol. The predicted octanol–water partition coefficient (Wildman–Crippen LogP) is 5.18. The number of aliphatic carboxylic acids is 1. The van der Waals surface area contributed by atoms with Crippen LogP contribution in [0, 0.1) is 50.2 Å². The van der Waals surface area contributed by atoms with Crippen molar-refractivity contribution in [3.05, 3.63) is 11.6 Å². The molecule has 0 aromatic heterocycles. The Kier molecular flexibility index (Phi) is 5.40. The molecule has 35 heavy (non-hydrogen) atoms. The highest BCUT2D eigenvalue weighted by atomic mass is 16.4. The largest absolute Gasteiger partial charge is 0.481 e. The summed E-state index contributed by atoms with van der Waals surface area (Å²) < 4.78 is 0. The van der Waals surface area contributed by atoms with Crippen LogP contribution in [0.5, 0.6) is 0 Å². The van der Waals surface area contributed by atoms with E-state index < -0.39 is 29.7 Å². The second-order valence-electron chi connectivity index (χ2n) is 15.3. The van der Waals surface area contributed by atoms with Gasteiger partial charge in [-0.25, -0.2) is 0 Å². The Labute approximate surface area is 211 Å². The van der Waals surface area contributed by atoms with E-state index >= 15 is 0 Å². The van der Waals surface area contributed by atoms with Gasteiger partial charge in [0.25, 0.3) is 0 Å². The van der Waals surface area contributed by atoms with Crippen LogP contribution in [0.2, 0.25) is 0 Å². The van der Waals surface area contributed by atoms with Crippen LogP contribution >= 0.6 is 0 Å². The molecule has 5 heteroatoms. The van der Waals surface area contributed by atoms with Gasteiger partial charge in [-0.3, -0.25) is 4.79 Å². The third-order valence-corrected chi connectivity index (χ3v) is 12.9. The fraction of sp³-hybridized carbons (Fsp3) is 0.900. The molecule has 10 atom stereocenters. The number of allylic oxidation sites excluding steroid dienone is 2. The lowest BCUT2D eigenvalue weighted by molar-refractivity contribution is -0.248. The highest BCUT2D eigenvalue weighted by molar-refractivity contribution is 5.77. The quantitative estimate of drug-likeness (QED) is 0.382. The second kappa shape index (κ2) is 7.35. The van der Waals surface area contributed by atoms with Crippen LogP contribution in [0.3, 0.4) is 0 Å². The average Bonchev–Trinajstić information content (AvgIpc) is 2.71. The maximum absolute atomic E-state index is 12.8. The number of carbonyl (C=O) groups is 1. The minimum atomic E-state index is -1.11. The SMILES string of the molecule is CC1(C)CC[C@]2(C(=O)O)[C@H](O)C[C@]3(C)C(=CC[C@@H]4[C@@]5(C)CC[C@H](O)C(C)(C)[C@@H]5[C@H](O)C[C@]43C)[C@@H]2C1. The molecule has 0 saturated heterocycles. The zero-order valence-electron chi connectivity index (χ0n) is 22.9. The number of carboxylic acid groups (broad SMARTS) is 1. The normalized spacial score (nSPS) is 54.4. The molecule has 0 aliphatic heterocycles. The van der Waals surface area contributed by atoms with Gasteiger partial charge < -0.3 is 20.4 Å². The average molecular weight is 489 g/mol. The number of aliphatic hydroxyl groups is 3. The van der Waals surface area contributed by atoms with Crippen molar-refractivity contribution in [1.29, 1.82) is 0 Å². The summed E-state index contributed by atoms with van der Waals surface area (Å²) in [7, 11) is 0. The Hall–Kier alpha value is -0.910. The van der Waals surface area contributed by atoms with Gasteiger partial charge in [0.05, 0.1) is 18.3 Å².